The van der Waals surface area contributed by atoms with Gasteiger partial charge in [-0.25, -0.2) is 0 Å². The van der Waals surface area contributed by atoms with Gasteiger partial charge in [-0.05, 0) is 38.5 Å². The molecule has 0 saturated heterocycles. The van der Waals surface area contributed by atoms with Crippen molar-refractivity contribution in [2.45, 2.75) is 26.8 Å². The maximum absolute atomic E-state index is 5.97. The first-order valence-corrected chi connectivity index (χ1v) is 6.42. The normalized spacial score (nSPS) is 10.6. The van der Waals surface area contributed by atoms with Crippen molar-refractivity contribution in [3.05, 3.63) is 35.0 Å². The highest BCUT2D eigenvalue weighted by Crippen LogP contribution is 2.22. The highest BCUT2D eigenvalue weighted by atomic mass is 35.5. The molecule has 0 bridgehead atoms. The molecule has 1 aromatic carbocycles. The van der Waals surface area contributed by atoms with Gasteiger partial charge in [-0.2, -0.15) is 10.1 Å². The molecule has 0 radical (unpaired) electrons. The van der Waals surface area contributed by atoms with E-state index >= 15 is 0 Å². The van der Waals surface area contributed by atoms with Crippen LogP contribution in [-0.2, 0) is 0 Å². The van der Waals surface area contributed by atoms with Crippen LogP contribution in [0.1, 0.15) is 19.4 Å². The van der Waals surface area contributed by atoms with Crippen molar-refractivity contribution in [1.82, 2.24) is 15.2 Å². The summed E-state index contributed by atoms with van der Waals surface area (Å²) in [5.74, 6) is 1.13. The minimum Gasteiger partial charge on any atom is -0.366 e. The van der Waals surface area contributed by atoms with E-state index in [1.54, 1.807) is 6.20 Å². The Labute approximate surface area is 117 Å². The number of benzene rings is 1. The second-order valence-corrected chi connectivity index (χ2v) is 4.98. The fourth-order valence-electron chi connectivity index (χ4n) is 1.57. The first-order valence-electron chi connectivity index (χ1n) is 6.04. The lowest BCUT2D eigenvalue weighted by molar-refractivity contribution is 0.873. The molecular weight excluding hydrogens is 262 g/mol. The molecule has 2 aromatic rings. The number of aromatic nitrogens is 3. The van der Waals surface area contributed by atoms with Crippen molar-refractivity contribution in [1.29, 1.82) is 0 Å². The standard InChI is InChI=1S/C13H16ClN5/c1-8(2)16-12-7-15-19-13(18-12)17-11-6-10(14)5-4-9(11)3/h4-8H,1-3H3,(H2,16,17,18,19). The highest BCUT2D eigenvalue weighted by molar-refractivity contribution is 6.30. The fraction of sp³-hybridized carbons (Fsp3) is 0.308. The topological polar surface area (TPSA) is 62.7 Å². The molecule has 5 nitrogen and oxygen atoms in total. The smallest absolute Gasteiger partial charge is 0.249 e. The molecule has 0 saturated carbocycles. The van der Waals surface area contributed by atoms with Gasteiger partial charge in [0.1, 0.15) is 0 Å². The molecule has 100 valence electrons. The second kappa shape index (κ2) is 5.84. The monoisotopic (exact) mass is 277 g/mol. The Bertz CT molecular complexity index is 571. The molecule has 0 spiro atoms. The Morgan fingerprint density at radius 2 is 2.05 bits per heavy atom. The zero-order chi connectivity index (χ0) is 13.8. The van der Waals surface area contributed by atoms with E-state index in [9.17, 15) is 0 Å². The quantitative estimate of drug-likeness (QED) is 0.897. The minimum atomic E-state index is 0.289. The Balaban J connectivity index is 2.21. The zero-order valence-corrected chi connectivity index (χ0v) is 11.9. The number of nitrogens with one attached hydrogen (secondary N) is 2. The van der Waals surface area contributed by atoms with Crippen LogP contribution >= 0.6 is 11.6 Å². The molecule has 2 rings (SSSR count). The van der Waals surface area contributed by atoms with Crippen LogP contribution in [0.5, 0.6) is 0 Å². The van der Waals surface area contributed by atoms with Crippen molar-refractivity contribution in [2.24, 2.45) is 0 Å². The third-order valence-corrected chi connectivity index (χ3v) is 2.68. The van der Waals surface area contributed by atoms with Crippen LogP contribution in [-0.4, -0.2) is 21.2 Å². The van der Waals surface area contributed by atoms with E-state index in [4.69, 9.17) is 11.6 Å². The molecule has 0 unspecified atom stereocenters. The highest BCUT2D eigenvalue weighted by Gasteiger charge is 2.05. The molecule has 2 N–H and O–H groups in total. The molecular formula is C13H16ClN5. The summed E-state index contributed by atoms with van der Waals surface area (Å²) in [5, 5.41) is 14.8. The fourth-order valence-corrected chi connectivity index (χ4v) is 1.74. The van der Waals surface area contributed by atoms with Crippen molar-refractivity contribution in [2.75, 3.05) is 10.6 Å². The van der Waals surface area contributed by atoms with Crippen molar-refractivity contribution in [3.8, 4) is 0 Å². The Hall–Kier alpha value is -1.88. The van der Waals surface area contributed by atoms with Crippen LogP contribution in [0, 0.1) is 6.92 Å². The van der Waals surface area contributed by atoms with Gasteiger partial charge in [-0.3, -0.25) is 0 Å². The summed E-state index contributed by atoms with van der Waals surface area (Å²) in [6.45, 7) is 6.06. The number of halogens is 1. The first kappa shape index (κ1) is 13.5. The summed E-state index contributed by atoms with van der Waals surface area (Å²) in [4.78, 5) is 4.34. The second-order valence-electron chi connectivity index (χ2n) is 4.55. The maximum Gasteiger partial charge on any atom is 0.249 e. The first-order chi connectivity index (χ1) is 9.04. The Kier molecular flexibility index (Phi) is 4.16. The number of rotatable bonds is 4. The van der Waals surface area contributed by atoms with E-state index in [-0.39, 0.29) is 6.04 Å². The molecule has 19 heavy (non-hydrogen) atoms. The Morgan fingerprint density at radius 1 is 1.26 bits per heavy atom. The van der Waals surface area contributed by atoms with Crippen LogP contribution in [0.3, 0.4) is 0 Å². The summed E-state index contributed by atoms with van der Waals surface area (Å²) >= 11 is 5.97. The third kappa shape index (κ3) is 3.79. The number of aryl methyl sites for hydroxylation is 1. The van der Waals surface area contributed by atoms with E-state index in [1.165, 1.54) is 0 Å². The molecule has 0 aliphatic heterocycles. The summed E-state index contributed by atoms with van der Waals surface area (Å²) in [7, 11) is 0. The molecule has 6 heteroatoms. The lowest BCUT2D eigenvalue weighted by Crippen LogP contribution is -2.12. The predicted molar refractivity (Wildman–Crippen MR) is 78.1 cm³/mol. The van der Waals surface area contributed by atoms with Gasteiger partial charge < -0.3 is 10.6 Å². The van der Waals surface area contributed by atoms with Crippen LogP contribution < -0.4 is 10.6 Å². The number of hydrogen-bond acceptors (Lipinski definition) is 5. The van der Waals surface area contributed by atoms with Crippen molar-refractivity contribution in [3.63, 3.8) is 0 Å². The van der Waals surface area contributed by atoms with Crippen molar-refractivity contribution < 1.29 is 0 Å². The lowest BCUT2D eigenvalue weighted by atomic mass is 10.2. The molecule has 0 atom stereocenters. The molecule has 0 aliphatic rings. The van der Waals surface area contributed by atoms with Crippen molar-refractivity contribution >= 4 is 29.1 Å². The summed E-state index contributed by atoms with van der Waals surface area (Å²) < 4.78 is 0. The van der Waals surface area contributed by atoms with Crippen LogP contribution in [0.25, 0.3) is 0 Å². The number of nitrogens with zero attached hydrogens (tertiary/aromatic N) is 3. The number of hydrogen-bond donors (Lipinski definition) is 2. The van der Waals surface area contributed by atoms with Gasteiger partial charge in [0.25, 0.3) is 0 Å². The predicted octanol–water partition coefficient (Wildman–Crippen LogP) is 3.40. The number of anilines is 3. The molecule has 0 fully saturated rings. The SMILES string of the molecule is Cc1ccc(Cl)cc1Nc1nncc(NC(C)C)n1. The molecule has 1 heterocycles. The van der Waals surface area contributed by atoms with E-state index < -0.39 is 0 Å². The third-order valence-electron chi connectivity index (χ3n) is 2.44. The van der Waals surface area contributed by atoms with Crippen LogP contribution in [0.15, 0.2) is 24.4 Å². The van der Waals surface area contributed by atoms with Crippen LogP contribution in [0.2, 0.25) is 5.02 Å². The minimum absolute atomic E-state index is 0.289. The average molecular weight is 278 g/mol. The molecule has 0 amide bonds. The van der Waals surface area contributed by atoms with Gasteiger partial charge in [0.2, 0.25) is 5.95 Å². The van der Waals surface area contributed by atoms with Gasteiger partial charge in [0, 0.05) is 16.8 Å². The van der Waals surface area contributed by atoms with E-state index in [1.807, 2.05) is 39.0 Å². The summed E-state index contributed by atoms with van der Waals surface area (Å²) in [6, 6.07) is 5.91. The molecule has 1 aromatic heterocycles. The summed E-state index contributed by atoms with van der Waals surface area (Å²) in [5.41, 5.74) is 1.94. The zero-order valence-electron chi connectivity index (χ0n) is 11.1. The lowest BCUT2D eigenvalue weighted by Gasteiger charge is -2.11. The summed E-state index contributed by atoms with van der Waals surface area (Å²) in [6.07, 6.45) is 1.59. The van der Waals surface area contributed by atoms with Gasteiger partial charge >= 0.3 is 0 Å². The van der Waals surface area contributed by atoms with Gasteiger partial charge in [-0.15, -0.1) is 5.10 Å². The van der Waals surface area contributed by atoms with Gasteiger partial charge in [-0.1, -0.05) is 17.7 Å². The van der Waals surface area contributed by atoms with E-state index in [0.717, 1.165) is 11.3 Å². The van der Waals surface area contributed by atoms with Gasteiger partial charge in [0.15, 0.2) is 5.82 Å². The molecule has 0 aliphatic carbocycles. The maximum atomic E-state index is 5.97. The van der Waals surface area contributed by atoms with Gasteiger partial charge in [0.05, 0.1) is 6.20 Å². The van der Waals surface area contributed by atoms with E-state index in [0.29, 0.717) is 16.8 Å². The average Bonchev–Trinajstić information content (AvgIpc) is 2.33. The Morgan fingerprint density at radius 3 is 2.79 bits per heavy atom. The van der Waals surface area contributed by atoms with Crippen LogP contribution in [0.4, 0.5) is 17.5 Å². The van der Waals surface area contributed by atoms with E-state index in [2.05, 4.69) is 25.8 Å². The largest absolute Gasteiger partial charge is 0.366 e.